The fourth-order valence-electron chi connectivity index (χ4n) is 10.2. The van der Waals surface area contributed by atoms with Gasteiger partial charge in [-0.05, 0) is 12.8 Å². The number of hydrogen-bond donors (Lipinski definition) is 8. The first-order valence-corrected chi connectivity index (χ1v) is 30.4. The van der Waals surface area contributed by atoms with Crippen LogP contribution in [-0.4, -0.2) is 110 Å². The smallest absolute Gasteiger partial charge is 0.249 e. The second-order valence-electron chi connectivity index (χ2n) is 21.8. The molecule has 70 heavy (non-hydrogen) atoms. The summed E-state index contributed by atoms with van der Waals surface area (Å²) in [6.07, 6.45) is 44.5. The van der Waals surface area contributed by atoms with E-state index in [1.165, 1.54) is 225 Å². The molecule has 11 nitrogen and oxygen atoms in total. The number of unbranched alkanes of at least 4 members (excludes halogenated alkanes) is 41. The zero-order chi connectivity index (χ0) is 51.1. The van der Waals surface area contributed by atoms with E-state index in [0.29, 0.717) is 19.3 Å². The number of carbonyl (C=O) groups excluding carboxylic acids is 1. The van der Waals surface area contributed by atoms with Gasteiger partial charge >= 0.3 is 0 Å². The lowest BCUT2D eigenvalue weighted by molar-refractivity contribution is -0.303. The average molecular weight is 1000 g/mol. The molecule has 9 unspecified atom stereocenters. The van der Waals surface area contributed by atoms with Gasteiger partial charge in [0.15, 0.2) is 6.29 Å². The van der Waals surface area contributed by atoms with Crippen molar-refractivity contribution in [3.63, 3.8) is 0 Å². The predicted octanol–water partition coefficient (Wildman–Crippen LogP) is 13.0. The zero-order valence-electron chi connectivity index (χ0n) is 45.8. The summed E-state index contributed by atoms with van der Waals surface area (Å²) in [7, 11) is 0. The Labute approximate surface area is 430 Å². The van der Waals surface area contributed by atoms with E-state index in [2.05, 4.69) is 19.2 Å². The predicted molar refractivity (Wildman–Crippen MR) is 289 cm³/mol. The molecular weight excluding hydrogens is 883 g/mol. The Bertz CT molecular complexity index is 1100. The second kappa shape index (κ2) is 49.0. The molecule has 11 heteroatoms. The lowest BCUT2D eigenvalue weighted by Crippen LogP contribution is -2.60. The maximum atomic E-state index is 13.2. The largest absolute Gasteiger partial charge is 0.394 e. The minimum Gasteiger partial charge on any atom is -0.394 e. The molecule has 1 heterocycles. The van der Waals surface area contributed by atoms with Crippen LogP contribution in [0.2, 0.25) is 0 Å². The first kappa shape index (κ1) is 67.1. The van der Waals surface area contributed by atoms with E-state index in [1.807, 2.05) is 0 Å². The third-order valence-electron chi connectivity index (χ3n) is 15.2. The van der Waals surface area contributed by atoms with E-state index in [4.69, 9.17) is 9.47 Å². The summed E-state index contributed by atoms with van der Waals surface area (Å²) < 4.78 is 11.2. The summed E-state index contributed by atoms with van der Waals surface area (Å²) in [6.45, 7) is 3.50. The first-order chi connectivity index (χ1) is 34.2. The van der Waals surface area contributed by atoms with Crippen LogP contribution in [0, 0.1) is 0 Å². The van der Waals surface area contributed by atoms with E-state index < -0.39 is 74.2 Å². The summed E-state index contributed by atoms with van der Waals surface area (Å²) in [5.74, 6) is -0.689. The van der Waals surface area contributed by atoms with E-state index in [9.17, 15) is 40.5 Å². The van der Waals surface area contributed by atoms with Gasteiger partial charge in [0.05, 0.1) is 25.4 Å². The van der Waals surface area contributed by atoms with Crippen LogP contribution in [0.15, 0.2) is 0 Å². The number of aliphatic hydroxyl groups excluding tert-OH is 7. The lowest BCUT2D eigenvalue weighted by Gasteiger charge is -2.40. The molecule has 0 aromatic rings. The monoisotopic (exact) mass is 1000 g/mol. The van der Waals surface area contributed by atoms with Gasteiger partial charge in [-0.3, -0.25) is 4.79 Å². The first-order valence-electron chi connectivity index (χ1n) is 30.4. The van der Waals surface area contributed by atoms with Gasteiger partial charge in [-0.2, -0.15) is 0 Å². The summed E-state index contributed by atoms with van der Waals surface area (Å²) in [5.41, 5.74) is 0. The van der Waals surface area contributed by atoms with Crippen molar-refractivity contribution in [1.29, 1.82) is 0 Å². The van der Waals surface area contributed by atoms with E-state index >= 15 is 0 Å². The summed E-state index contributed by atoms with van der Waals surface area (Å²) >= 11 is 0. The second-order valence-corrected chi connectivity index (χ2v) is 21.8. The maximum Gasteiger partial charge on any atom is 0.249 e. The van der Waals surface area contributed by atoms with Gasteiger partial charge in [0.2, 0.25) is 5.91 Å². The third-order valence-corrected chi connectivity index (χ3v) is 15.2. The Morgan fingerprint density at radius 3 is 1.06 bits per heavy atom. The van der Waals surface area contributed by atoms with E-state index in [-0.39, 0.29) is 6.42 Å². The SMILES string of the molecule is CCCCCCCCCCCCCCCCCCCCCCCCCCCCCCC(O)C(=O)NC(COC1OC(CO)C(O)C(O)C1O)C(O)C(O)CCCCCCCCCCCCCCCCC. The molecule has 0 aliphatic carbocycles. The fourth-order valence-corrected chi connectivity index (χ4v) is 10.2. The Morgan fingerprint density at radius 2 is 0.743 bits per heavy atom. The number of carbonyl (C=O) groups is 1. The zero-order valence-corrected chi connectivity index (χ0v) is 45.8. The molecule has 1 amide bonds. The highest BCUT2D eigenvalue weighted by Crippen LogP contribution is 2.24. The Hall–Kier alpha value is -0.890. The molecule has 0 bridgehead atoms. The van der Waals surface area contributed by atoms with Crippen LogP contribution in [0.25, 0.3) is 0 Å². The molecule has 1 rings (SSSR count). The van der Waals surface area contributed by atoms with Crippen molar-refractivity contribution in [2.75, 3.05) is 13.2 Å². The van der Waals surface area contributed by atoms with Crippen molar-refractivity contribution >= 4 is 5.91 Å². The van der Waals surface area contributed by atoms with Crippen LogP contribution >= 0.6 is 0 Å². The Morgan fingerprint density at radius 1 is 0.443 bits per heavy atom. The minimum absolute atomic E-state index is 0.267. The van der Waals surface area contributed by atoms with Crippen LogP contribution in [0.1, 0.15) is 303 Å². The van der Waals surface area contributed by atoms with Crippen LogP contribution in [0.4, 0.5) is 0 Å². The van der Waals surface area contributed by atoms with Crippen LogP contribution in [-0.2, 0) is 14.3 Å². The molecule has 0 spiro atoms. The summed E-state index contributed by atoms with van der Waals surface area (Å²) in [5, 5.41) is 76.2. The van der Waals surface area contributed by atoms with Gasteiger partial charge < -0.3 is 50.5 Å². The molecule has 0 saturated carbocycles. The highest BCUT2D eigenvalue weighted by atomic mass is 16.7. The normalized spacial score (nSPS) is 20.2. The molecule has 9 atom stereocenters. The number of hydrogen-bond acceptors (Lipinski definition) is 10. The quantitative estimate of drug-likeness (QED) is 0.0272. The average Bonchev–Trinajstić information content (AvgIpc) is 3.36. The molecule has 1 saturated heterocycles. The Kier molecular flexibility index (Phi) is 47.0. The van der Waals surface area contributed by atoms with Crippen molar-refractivity contribution in [2.45, 2.75) is 358 Å². The number of nitrogens with one attached hydrogen (secondary N) is 1. The highest BCUT2D eigenvalue weighted by molar-refractivity contribution is 5.80. The molecule has 0 aromatic carbocycles. The fraction of sp³-hybridized carbons (Fsp3) is 0.983. The van der Waals surface area contributed by atoms with Crippen molar-refractivity contribution in [3.05, 3.63) is 0 Å². The van der Waals surface area contributed by atoms with E-state index in [0.717, 1.165) is 38.5 Å². The topological polar surface area (TPSA) is 189 Å². The van der Waals surface area contributed by atoms with Crippen molar-refractivity contribution < 1.29 is 50.0 Å². The van der Waals surface area contributed by atoms with Crippen molar-refractivity contribution in [1.82, 2.24) is 5.32 Å². The molecule has 418 valence electrons. The van der Waals surface area contributed by atoms with Crippen LogP contribution in [0.5, 0.6) is 0 Å². The Balaban J connectivity index is 2.22. The van der Waals surface area contributed by atoms with Gasteiger partial charge in [0, 0.05) is 0 Å². The van der Waals surface area contributed by atoms with Gasteiger partial charge in [-0.25, -0.2) is 0 Å². The number of amides is 1. The molecule has 1 fully saturated rings. The van der Waals surface area contributed by atoms with Crippen molar-refractivity contribution in [3.8, 4) is 0 Å². The lowest BCUT2D eigenvalue weighted by atomic mass is 9.98. The summed E-state index contributed by atoms with van der Waals surface area (Å²) in [6, 6.07) is -1.16. The molecule has 8 N–H and O–H groups in total. The number of rotatable bonds is 53. The molecule has 0 aromatic heterocycles. The highest BCUT2D eigenvalue weighted by Gasteiger charge is 2.44. The minimum atomic E-state index is -1.66. The molecule has 0 radical (unpaired) electrons. The molecule has 1 aliphatic rings. The van der Waals surface area contributed by atoms with Crippen LogP contribution in [0.3, 0.4) is 0 Å². The maximum absolute atomic E-state index is 13.2. The third kappa shape index (κ3) is 36.9. The van der Waals surface area contributed by atoms with Gasteiger partial charge in [0.1, 0.15) is 36.6 Å². The standard InChI is InChI=1S/C59H117NO10/c1-3-5-7-9-11-13-15-17-19-20-21-22-23-24-25-26-27-28-29-30-31-33-35-37-39-41-43-45-47-52(63)58(68)60-50(49-69-59-57(67)56(66)55(65)53(48-61)70-59)54(64)51(62)46-44-42-40-38-36-34-32-18-16-14-12-10-8-6-4-2/h50-57,59,61-67H,3-49H2,1-2H3,(H,60,68). The van der Waals surface area contributed by atoms with E-state index in [1.54, 1.807) is 0 Å². The van der Waals surface area contributed by atoms with Gasteiger partial charge in [-0.1, -0.05) is 290 Å². The van der Waals surface area contributed by atoms with Gasteiger partial charge in [0.25, 0.3) is 0 Å². The number of aliphatic hydroxyl groups is 7. The van der Waals surface area contributed by atoms with Crippen LogP contribution < -0.4 is 5.32 Å². The molecular formula is C59H117NO10. The molecule has 1 aliphatic heterocycles. The number of ether oxygens (including phenoxy) is 2. The van der Waals surface area contributed by atoms with Crippen molar-refractivity contribution in [2.24, 2.45) is 0 Å². The summed E-state index contributed by atoms with van der Waals surface area (Å²) in [4.78, 5) is 13.2. The van der Waals surface area contributed by atoms with Gasteiger partial charge in [-0.15, -0.1) is 0 Å².